The van der Waals surface area contributed by atoms with Gasteiger partial charge in [0.15, 0.2) is 11.8 Å². The molecule has 1 saturated carbocycles. The first-order valence-electron chi connectivity index (χ1n) is 11.9. The number of pyridine rings is 1. The number of fused-ring (bicyclic) bond motifs is 1. The van der Waals surface area contributed by atoms with Crippen LogP contribution in [0.5, 0.6) is 5.75 Å². The third-order valence-electron chi connectivity index (χ3n) is 6.35. The lowest BCUT2D eigenvalue weighted by atomic mass is 10.0. The van der Waals surface area contributed by atoms with Gasteiger partial charge in [-0.2, -0.15) is 5.10 Å². The molecular formula is C26H29N5O3. The fourth-order valence-corrected chi connectivity index (χ4v) is 4.33. The molecule has 2 aliphatic rings. The average molecular weight is 460 g/mol. The summed E-state index contributed by atoms with van der Waals surface area (Å²) in [6, 6.07) is 14.9. The summed E-state index contributed by atoms with van der Waals surface area (Å²) in [5.41, 5.74) is 3.09. The summed E-state index contributed by atoms with van der Waals surface area (Å²) in [5.74, 6) is 0.962. The monoisotopic (exact) mass is 459 g/mol. The zero-order valence-corrected chi connectivity index (χ0v) is 19.3. The molecule has 3 heterocycles. The highest BCUT2D eigenvalue weighted by Crippen LogP contribution is 2.33. The normalized spacial score (nSPS) is 16.0. The topological polar surface area (TPSA) is 89.3 Å². The number of para-hydroxylation sites is 1. The molecule has 1 N–H and O–H groups in total. The summed E-state index contributed by atoms with van der Waals surface area (Å²) < 4.78 is 7.84. The SMILES string of the molecule is CC(Oc1ccccc1)C(=O)N1CCc2c(c(C(=O)NCc3ccccn3)nn2CC2CC2)C1. The Hall–Kier alpha value is -3.68. The van der Waals surface area contributed by atoms with Crippen LogP contribution in [0, 0.1) is 5.92 Å². The van der Waals surface area contributed by atoms with Crippen molar-refractivity contribution < 1.29 is 14.3 Å². The molecule has 176 valence electrons. The van der Waals surface area contributed by atoms with Gasteiger partial charge in [-0.3, -0.25) is 19.3 Å². The van der Waals surface area contributed by atoms with E-state index in [1.54, 1.807) is 18.0 Å². The van der Waals surface area contributed by atoms with E-state index in [2.05, 4.69) is 10.3 Å². The summed E-state index contributed by atoms with van der Waals surface area (Å²) in [6.07, 6.45) is 4.16. The van der Waals surface area contributed by atoms with Gasteiger partial charge in [0.25, 0.3) is 11.8 Å². The van der Waals surface area contributed by atoms with Gasteiger partial charge in [0.05, 0.1) is 12.2 Å². The number of nitrogens with one attached hydrogen (secondary N) is 1. The number of ether oxygens (including phenoxy) is 1. The van der Waals surface area contributed by atoms with Crippen molar-refractivity contribution in [3.8, 4) is 5.75 Å². The van der Waals surface area contributed by atoms with E-state index >= 15 is 0 Å². The molecule has 0 radical (unpaired) electrons. The van der Waals surface area contributed by atoms with Gasteiger partial charge in [-0.25, -0.2) is 0 Å². The lowest BCUT2D eigenvalue weighted by molar-refractivity contribution is -0.138. The van der Waals surface area contributed by atoms with Crippen LogP contribution in [0.4, 0.5) is 0 Å². The molecule has 1 fully saturated rings. The number of nitrogens with zero attached hydrogens (tertiary/aromatic N) is 4. The van der Waals surface area contributed by atoms with Gasteiger partial charge < -0.3 is 15.0 Å². The molecule has 1 aromatic carbocycles. The number of aromatic nitrogens is 3. The third kappa shape index (κ3) is 4.95. The number of carbonyl (C=O) groups is 2. The maximum Gasteiger partial charge on any atom is 0.272 e. The van der Waals surface area contributed by atoms with Crippen molar-refractivity contribution in [1.29, 1.82) is 0 Å². The van der Waals surface area contributed by atoms with E-state index in [1.807, 2.05) is 53.2 Å². The molecule has 5 rings (SSSR count). The fourth-order valence-electron chi connectivity index (χ4n) is 4.33. The predicted octanol–water partition coefficient (Wildman–Crippen LogP) is 2.97. The number of amides is 2. The van der Waals surface area contributed by atoms with E-state index in [0.717, 1.165) is 23.5 Å². The Balaban J connectivity index is 1.32. The van der Waals surface area contributed by atoms with Crippen molar-refractivity contribution in [3.05, 3.63) is 77.4 Å². The van der Waals surface area contributed by atoms with E-state index < -0.39 is 6.10 Å². The standard InChI is InChI=1S/C26H29N5O3/c1-18(34-21-8-3-2-4-9-21)26(33)30-14-12-23-22(17-30)24(29-31(23)16-19-10-11-19)25(32)28-15-20-7-5-6-13-27-20/h2-9,13,18-19H,10-12,14-17H2,1H3,(H,28,32). The first-order chi connectivity index (χ1) is 16.6. The molecule has 0 bridgehead atoms. The van der Waals surface area contributed by atoms with Crippen LogP contribution in [0.1, 0.15) is 47.2 Å². The molecule has 0 spiro atoms. The molecule has 2 amide bonds. The van der Waals surface area contributed by atoms with E-state index in [0.29, 0.717) is 43.4 Å². The van der Waals surface area contributed by atoms with Gasteiger partial charge in [0.2, 0.25) is 0 Å². The van der Waals surface area contributed by atoms with Gasteiger partial charge in [0.1, 0.15) is 5.75 Å². The first kappa shape index (κ1) is 22.1. The van der Waals surface area contributed by atoms with E-state index in [-0.39, 0.29) is 11.8 Å². The molecule has 1 atom stereocenters. The van der Waals surface area contributed by atoms with Crippen molar-refractivity contribution in [3.63, 3.8) is 0 Å². The molecule has 8 heteroatoms. The molecule has 1 aliphatic carbocycles. The van der Waals surface area contributed by atoms with Gasteiger partial charge in [-0.05, 0) is 49.9 Å². The summed E-state index contributed by atoms with van der Waals surface area (Å²) >= 11 is 0. The van der Waals surface area contributed by atoms with E-state index in [4.69, 9.17) is 9.84 Å². The number of hydrogen-bond donors (Lipinski definition) is 1. The molecular weight excluding hydrogens is 430 g/mol. The summed E-state index contributed by atoms with van der Waals surface area (Å²) in [6.45, 7) is 3.86. The minimum absolute atomic E-state index is 0.0933. The molecule has 1 aliphatic heterocycles. The highest BCUT2D eigenvalue weighted by molar-refractivity contribution is 5.94. The van der Waals surface area contributed by atoms with Gasteiger partial charge in [-0.15, -0.1) is 0 Å². The second-order valence-electron chi connectivity index (χ2n) is 8.99. The Labute approximate surface area is 198 Å². The molecule has 8 nitrogen and oxygen atoms in total. The van der Waals surface area contributed by atoms with Crippen LogP contribution in [0.2, 0.25) is 0 Å². The van der Waals surface area contributed by atoms with Crippen molar-refractivity contribution in [2.45, 2.75) is 51.9 Å². The van der Waals surface area contributed by atoms with Crippen LogP contribution in [0.25, 0.3) is 0 Å². The molecule has 2 aromatic heterocycles. The highest BCUT2D eigenvalue weighted by atomic mass is 16.5. The maximum absolute atomic E-state index is 13.2. The Morgan fingerprint density at radius 3 is 2.68 bits per heavy atom. The minimum Gasteiger partial charge on any atom is -0.481 e. The summed E-state index contributed by atoms with van der Waals surface area (Å²) in [7, 11) is 0. The summed E-state index contributed by atoms with van der Waals surface area (Å²) in [5, 5.41) is 7.65. The van der Waals surface area contributed by atoms with Crippen molar-refractivity contribution >= 4 is 11.8 Å². The van der Waals surface area contributed by atoms with Crippen LogP contribution >= 0.6 is 0 Å². The Morgan fingerprint density at radius 2 is 1.94 bits per heavy atom. The van der Waals surface area contributed by atoms with Gasteiger partial charge in [-0.1, -0.05) is 24.3 Å². The van der Waals surface area contributed by atoms with Crippen LogP contribution in [-0.2, 0) is 30.8 Å². The fraction of sp³-hybridized carbons (Fsp3) is 0.385. The van der Waals surface area contributed by atoms with Crippen LogP contribution in [0.15, 0.2) is 54.7 Å². The van der Waals surface area contributed by atoms with Crippen molar-refractivity contribution in [2.24, 2.45) is 5.92 Å². The number of benzene rings is 1. The molecule has 3 aromatic rings. The first-order valence-corrected chi connectivity index (χ1v) is 11.9. The maximum atomic E-state index is 13.2. The van der Waals surface area contributed by atoms with Crippen LogP contribution < -0.4 is 10.1 Å². The minimum atomic E-state index is -0.619. The van der Waals surface area contributed by atoms with Crippen molar-refractivity contribution in [2.75, 3.05) is 6.54 Å². The zero-order valence-electron chi connectivity index (χ0n) is 19.3. The predicted molar refractivity (Wildman–Crippen MR) is 126 cm³/mol. The Bertz CT molecular complexity index is 1160. The molecule has 34 heavy (non-hydrogen) atoms. The van der Waals surface area contributed by atoms with Crippen LogP contribution in [0.3, 0.4) is 0 Å². The smallest absolute Gasteiger partial charge is 0.272 e. The highest BCUT2D eigenvalue weighted by Gasteiger charge is 2.33. The Morgan fingerprint density at radius 1 is 1.15 bits per heavy atom. The number of hydrogen-bond acceptors (Lipinski definition) is 5. The average Bonchev–Trinajstić information content (AvgIpc) is 3.62. The lowest BCUT2D eigenvalue weighted by Gasteiger charge is -2.30. The van der Waals surface area contributed by atoms with E-state index in [9.17, 15) is 9.59 Å². The lowest BCUT2D eigenvalue weighted by Crippen LogP contribution is -2.43. The van der Waals surface area contributed by atoms with E-state index in [1.165, 1.54) is 12.8 Å². The second-order valence-corrected chi connectivity index (χ2v) is 8.99. The third-order valence-corrected chi connectivity index (χ3v) is 6.35. The van der Waals surface area contributed by atoms with Crippen molar-refractivity contribution in [1.82, 2.24) is 25.0 Å². The second kappa shape index (κ2) is 9.67. The molecule has 0 saturated heterocycles. The molecule has 1 unspecified atom stereocenters. The number of carbonyl (C=O) groups excluding carboxylic acids is 2. The van der Waals surface area contributed by atoms with Gasteiger partial charge in [0, 0.05) is 43.5 Å². The van der Waals surface area contributed by atoms with Gasteiger partial charge >= 0.3 is 0 Å². The Kier molecular flexibility index (Phi) is 6.29. The quantitative estimate of drug-likeness (QED) is 0.559. The number of rotatable bonds is 8. The van der Waals surface area contributed by atoms with Crippen LogP contribution in [-0.4, -0.2) is 44.1 Å². The largest absolute Gasteiger partial charge is 0.481 e. The summed E-state index contributed by atoms with van der Waals surface area (Å²) in [4.78, 5) is 32.3. The zero-order chi connectivity index (χ0) is 23.5.